The summed E-state index contributed by atoms with van der Waals surface area (Å²) in [6.07, 6.45) is -4.33. The molecule has 0 saturated carbocycles. The van der Waals surface area contributed by atoms with Gasteiger partial charge in [-0.05, 0) is 13.8 Å². The highest BCUT2D eigenvalue weighted by Gasteiger charge is 2.41. The van der Waals surface area contributed by atoms with E-state index < -0.39 is 44.2 Å². The minimum Gasteiger partial charge on any atom is -0.389 e. The molecular formula is C12H14F3N3O4S. The SMILES string of the molecule is Cn1cnc(C(F)(F)F)c(CS(=O)(=O)C2=NOC(C)(C)C2)c1=O. The van der Waals surface area contributed by atoms with Crippen LogP contribution in [0.2, 0.25) is 0 Å². The van der Waals surface area contributed by atoms with Crippen LogP contribution in [-0.2, 0) is 33.7 Å². The van der Waals surface area contributed by atoms with E-state index in [1.807, 2.05) is 0 Å². The Bertz CT molecular complexity index is 825. The fourth-order valence-corrected chi connectivity index (χ4v) is 3.53. The van der Waals surface area contributed by atoms with E-state index in [1.54, 1.807) is 13.8 Å². The van der Waals surface area contributed by atoms with Crippen molar-refractivity contribution in [3.8, 4) is 0 Å². The number of sulfone groups is 1. The lowest BCUT2D eigenvalue weighted by molar-refractivity contribution is -0.141. The summed E-state index contributed by atoms with van der Waals surface area (Å²) < 4.78 is 64.3. The van der Waals surface area contributed by atoms with Crippen LogP contribution in [0.5, 0.6) is 0 Å². The van der Waals surface area contributed by atoms with Crippen molar-refractivity contribution < 1.29 is 26.4 Å². The zero-order valence-corrected chi connectivity index (χ0v) is 13.3. The Morgan fingerprint density at radius 1 is 1.39 bits per heavy atom. The number of rotatable bonds is 2. The molecule has 0 saturated heterocycles. The lowest BCUT2D eigenvalue weighted by Gasteiger charge is -2.14. The first-order valence-electron chi connectivity index (χ1n) is 6.43. The molecule has 7 nitrogen and oxygen atoms in total. The Morgan fingerprint density at radius 3 is 2.48 bits per heavy atom. The maximum atomic E-state index is 13.0. The second-order valence-corrected chi connectivity index (χ2v) is 7.75. The predicted molar refractivity (Wildman–Crippen MR) is 74.3 cm³/mol. The molecule has 0 aromatic carbocycles. The molecular weight excluding hydrogens is 339 g/mol. The highest BCUT2D eigenvalue weighted by Crippen LogP contribution is 2.31. The number of aromatic nitrogens is 2. The Labute approximate surface area is 129 Å². The predicted octanol–water partition coefficient (Wildman–Crippen LogP) is 1.23. The molecule has 0 aliphatic carbocycles. The van der Waals surface area contributed by atoms with E-state index in [0.29, 0.717) is 6.33 Å². The topological polar surface area (TPSA) is 90.6 Å². The van der Waals surface area contributed by atoms with Crippen molar-refractivity contribution in [3.05, 3.63) is 27.9 Å². The van der Waals surface area contributed by atoms with Crippen molar-refractivity contribution in [2.75, 3.05) is 0 Å². The summed E-state index contributed by atoms with van der Waals surface area (Å²) >= 11 is 0. The largest absolute Gasteiger partial charge is 0.433 e. The number of hydrogen-bond donors (Lipinski definition) is 0. The van der Waals surface area contributed by atoms with Crippen molar-refractivity contribution in [3.63, 3.8) is 0 Å². The van der Waals surface area contributed by atoms with Crippen molar-refractivity contribution in [2.24, 2.45) is 12.2 Å². The highest BCUT2D eigenvalue weighted by atomic mass is 32.2. The van der Waals surface area contributed by atoms with Crippen LogP contribution < -0.4 is 5.56 Å². The van der Waals surface area contributed by atoms with E-state index in [4.69, 9.17) is 4.84 Å². The number of nitrogens with zero attached hydrogens (tertiary/aromatic N) is 3. The third-order valence-electron chi connectivity index (χ3n) is 3.16. The smallest absolute Gasteiger partial charge is 0.389 e. The Kier molecular flexibility index (Phi) is 4.04. The number of oxime groups is 1. The lowest BCUT2D eigenvalue weighted by atomic mass is 10.1. The molecule has 0 radical (unpaired) electrons. The molecule has 0 unspecified atom stereocenters. The van der Waals surface area contributed by atoms with Gasteiger partial charge >= 0.3 is 6.18 Å². The summed E-state index contributed by atoms with van der Waals surface area (Å²) in [4.78, 5) is 20.0. The molecule has 23 heavy (non-hydrogen) atoms. The summed E-state index contributed by atoms with van der Waals surface area (Å²) in [7, 11) is -3.05. The van der Waals surface area contributed by atoms with Crippen LogP contribution in [-0.4, -0.2) is 28.6 Å². The molecule has 2 rings (SSSR count). The minimum absolute atomic E-state index is 0.0860. The summed E-state index contributed by atoms with van der Waals surface area (Å²) in [5.41, 5.74) is -4.39. The third kappa shape index (κ3) is 3.54. The van der Waals surface area contributed by atoms with Crippen molar-refractivity contribution in [1.29, 1.82) is 0 Å². The first-order valence-corrected chi connectivity index (χ1v) is 8.08. The summed E-state index contributed by atoms with van der Waals surface area (Å²) in [5.74, 6) is -1.14. The quantitative estimate of drug-likeness (QED) is 0.797. The molecule has 0 N–H and O–H groups in total. The van der Waals surface area contributed by atoms with Gasteiger partial charge in [-0.2, -0.15) is 13.2 Å². The molecule has 128 valence electrons. The van der Waals surface area contributed by atoms with E-state index in [9.17, 15) is 26.4 Å². The summed E-state index contributed by atoms with van der Waals surface area (Å²) in [5, 5.41) is 3.03. The zero-order chi connectivity index (χ0) is 17.6. The molecule has 0 spiro atoms. The first-order chi connectivity index (χ1) is 10.3. The van der Waals surface area contributed by atoms with E-state index in [0.717, 1.165) is 4.57 Å². The second kappa shape index (κ2) is 5.32. The summed E-state index contributed by atoms with van der Waals surface area (Å²) in [6.45, 7) is 3.17. The van der Waals surface area contributed by atoms with Gasteiger partial charge in [0.2, 0.25) is 0 Å². The molecule has 0 atom stereocenters. The van der Waals surface area contributed by atoms with Gasteiger partial charge in [-0.3, -0.25) is 4.79 Å². The van der Waals surface area contributed by atoms with Crippen LogP contribution in [0.3, 0.4) is 0 Å². The molecule has 1 aromatic heterocycles. The number of hydrogen-bond acceptors (Lipinski definition) is 6. The van der Waals surface area contributed by atoms with Crippen molar-refractivity contribution in [2.45, 2.75) is 37.8 Å². The molecule has 2 heterocycles. The standard InChI is InChI=1S/C12H14F3N3O4S/c1-11(2)4-8(17-22-11)23(20,21)5-7-9(12(13,14)15)16-6-18(3)10(7)19/h6H,4-5H2,1-3H3. The Balaban J connectivity index is 2.48. The van der Waals surface area contributed by atoms with Crippen LogP contribution >= 0.6 is 0 Å². The Morgan fingerprint density at radius 2 is 2.00 bits per heavy atom. The highest BCUT2D eigenvalue weighted by molar-refractivity contribution is 8.05. The molecule has 1 aromatic rings. The lowest BCUT2D eigenvalue weighted by Crippen LogP contribution is -2.31. The van der Waals surface area contributed by atoms with Crippen LogP contribution in [0.4, 0.5) is 13.2 Å². The fraction of sp³-hybridized carbons (Fsp3) is 0.583. The molecule has 0 bridgehead atoms. The number of alkyl halides is 3. The van der Waals surface area contributed by atoms with Gasteiger partial charge in [-0.25, -0.2) is 13.4 Å². The zero-order valence-electron chi connectivity index (χ0n) is 12.5. The van der Waals surface area contributed by atoms with E-state index >= 15 is 0 Å². The molecule has 11 heteroatoms. The molecule has 1 aliphatic rings. The second-order valence-electron chi connectivity index (χ2n) is 5.76. The van der Waals surface area contributed by atoms with Crippen LogP contribution in [0, 0.1) is 0 Å². The van der Waals surface area contributed by atoms with Crippen LogP contribution in [0.25, 0.3) is 0 Å². The van der Waals surface area contributed by atoms with Crippen LogP contribution in [0.15, 0.2) is 16.3 Å². The van der Waals surface area contributed by atoms with Gasteiger partial charge in [0.25, 0.3) is 5.56 Å². The van der Waals surface area contributed by atoms with Gasteiger partial charge in [0.05, 0.1) is 17.6 Å². The van der Waals surface area contributed by atoms with E-state index in [1.165, 1.54) is 7.05 Å². The third-order valence-corrected chi connectivity index (χ3v) is 4.76. The van der Waals surface area contributed by atoms with E-state index in [2.05, 4.69) is 10.1 Å². The van der Waals surface area contributed by atoms with Gasteiger partial charge in [0.1, 0.15) is 5.60 Å². The van der Waals surface area contributed by atoms with Gasteiger partial charge in [0, 0.05) is 13.5 Å². The van der Waals surface area contributed by atoms with Crippen molar-refractivity contribution in [1.82, 2.24) is 9.55 Å². The maximum absolute atomic E-state index is 13.0. The van der Waals surface area contributed by atoms with Crippen LogP contribution in [0.1, 0.15) is 31.5 Å². The number of aryl methyl sites for hydroxylation is 1. The van der Waals surface area contributed by atoms with E-state index in [-0.39, 0.29) is 11.5 Å². The maximum Gasteiger partial charge on any atom is 0.433 e. The normalized spacial score (nSPS) is 17.7. The molecule has 1 aliphatic heterocycles. The van der Waals surface area contributed by atoms with Gasteiger partial charge in [0.15, 0.2) is 20.6 Å². The Hall–Kier alpha value is -1.91. The van der Waals surface area contributed by atoms with Gasteiger partial charge < -0.3 is 9.40 Å². The molecule has 0 amide bonds. The average Bonchev–Trinajstić information content (AvgIpc) is 2.74. The van der Waals surface area contributed by atoms with Crippen molar-refractivity contribution >= 4 is 14.9 Å². The minimum atomic E-state index is -4.94. The van der Waals surface area contributed by atoms with Gasteiger partial charge in [-0.15, -0.1) is 0 Å². The average molecular weight is 353 g/mol. The number of halogens is 3. The fourth-order valence-electron chi connectivity index (χ4n) is 2.01. The summed E-state index contributed by atoms with van der Waals surface area (Å²) in [6, 6.07) is 0. The molecule has 0 fully saturated rings. The van der Waals surface area contributed by atoms with Gasteiger partial charge in [-0.1, -0.05) is 5.16 Å². The monoisotopic (exact) mass is 353 g/mol. The first kappa shape index (κ1) is 17.4.